The Labute approximate surface area is 106 Å². The van der Waals surface area contributed by atoms with E-state index >= 15 is 0 Å². The third-order valence-electron chi connectivity index (χ3n) is 2.15. The molecule has 1 aromatic rings. The van der Waals surface area contributed by atoms with Crippen LogP contribution in [-0.4, -0.2) is 35.7 Å². The fourth-order valence-electron chi connectivity index (χ4n) is 1.36. The van der Waals surface area contributed by atoms with Gasteiger partial charge in [0.1, 0.15) is 0 Å². The summed E-state index contributed by atoms with van der Waals surface area (Å²) in [5, 5.41) is 4.75. The molecule has 0 unspecified atom stereocenters. The van der Waals surface area contributed by atoms with Crippen LogP contribution in [0.1, 0.15) is 11.3 Å². The second-order valence-electron chi connectivity index (χ2n) is 3.48. The Balaban J connectivity index is 2.65. The van der Waals surface area contributed by atoms with Crippen molar-refractivity contribution in [2.45, 2.75) is 17.9 Å². The van der Waals surface area contributed by atoms with Gasteiger partial charge in [0, 0.05) is 31.7 Å². The number of hydrogen-bond donors (Lipinski definition) is 2. The highest BCUT2D eigenvalue weighted by molar-refractivity contribution is 7.89. The third-order valence-corrected chi connectivity index (χ3v) is 4.74. The second-order valence-corrected chi connectivity index (χ2v) is 6.22. The maximum absolute atomic E-state index is 12.0. The average molecular weight is 278 g/mol. The number of hydrogen-bond acceptors (Lipinski definition) is 5. The summed E-state index contributed by atoms with van der Waals surface area (Å²) < 4.78 is 31.4. The number of rotatable bonds is 8. The van der Waals surface area contributed by atoms with Gasteiger partial charge in [-0.25, -0.2) is 13.1 Å². The van der Waals surface area contributed by atoms with Crippen LogP contribution in [0.2, 0.25) is 0 Å². The molecule has 2 N–H and O–H groups in total. The highest BCUT2D eigenvalue weighted by Gasteiger charge is 2.18. The van der Waals surface area contributed by atoms with Crippen molar-refractivity contribution < 1.29 is 13.2 Å². The molecule has 0 aliphatic rings. The lowest BCUT2D eigenvalue weighted by Crippen LogP contribution is -2.26. The van der Waals surface area contributed by atoms with Crippen LogP contribution in [-0.2, 0) is 21.3 Å². The van der Waals surface area contributed by atoms with Crippen molar-refractivity contribution in [1.82, 2.24) is 10.0 Å². The molecular weight excluding hydrogens is 260 g/mol. The SMILES string of the molecule is CNCc1sccc1S(=O)(=O)NCCCOC. The van der Waals surface area contributed by atoms with Gasteiger partial charge in [0.2, 0.25) is 10.0 Å². The minimum absolute atomic E-state index is 0.370. The van der Waals surface area contributed by atoms with Gasteiger partial charge in [-0.2, -0.15) is 0 Å². The lowest BCUT2D eigenvalue weighted by Gasteiger charge is -2.07. The number of nitrogens with one attached hydrogen (secondary N) is 2. The van der Waals surface area contributed by atoms with E-state index in [4.69, 9.17) is 4.74 Å². The Bertz CT molecular complexity index is 429. The first-order chi connectivity index (χ1) is 8.11. The zero-order valence-corrected chi connectivity index (χ0v) is 11.7. The van der Waals surface area contributed by atoms with E-state index < -0.39 is 10.0 Å². The van der Waals surface area contributed by atoms with Crippen LogP contribution in [0.15, 0.2) is 16.3 Å². The first-order valence-corrected chi connectivity index (χ1v) is 7.67. The summed E-state index contributed by atoms with van der Waals surface area (Å²) in [6.45, 7) is 1.51. The van der Waals surface area contributed by atoms with Gasteiger partial charge in [-0.15, -0.1) is 11.3 Å². The third kappa shape index (κ3) is 4.36. The molecular formula is C10H18N2O3S2. The monoisotopic (exact) mass is 278 g/mol. The topological polar surface area (TPSA) is 67.4 Å². The molecule has 0 aliphatic carbocycles. The Hall–Kier alpha value is -0.470. The first-order valence-electron chi connectivity index (χ1n) is 5.31. The lowest BCUT2D eigenvalue weighted by atomic mass is 10.5. The highest BCUT2D eigenvalue weighted by Crippen LogP contribution is 2.21. The van der Waals surface area contributed by atoms with E-state index in [9.17, 15) is 8.42 Å². The van der Waals surface area contributed by atoms with Gasteiger partial charge in [0.25, 0.3) is 0 Å². The molecule has 0 amide bonds. The largest absolute Gasteiger partial charge is 0.385 e. The van der Waals surface area contributed by atoms with E-state index in [1.54, 1.807) is 25.6 Å². The summed E-state index contributed by atoms with van der Waals surface area (Å²) in [5.41, 5.74) is 0. The molecule has 98 valence electrons. The molecule has 0 spiro atoms. The molecule has 0 saturated carbocycles. The zero-order chi connectivity index (χ0) is 12.7. The fraction of sp³-hybridized carbons (Fsp3) is 0.600. The minimum Gasteiger partial charge on any atom is -0.385 e. The van der Waals surface area contributed by atoms with Crippen molar-refractivity contribution in [3.63, 3.8) is 0 Å². The molecule has 0 fully saturated rings. The van der Waals surface area contributed by atoms with Crippen LogP contribution >= 0.6 is 11.3 Å². The Morgan fingerprint density at radius 2 is 2.24 bits per heavy atom. The quantitative estimate of drug-likeness (QED) is 0.690. The first kappa shape index (κ1) is 14.6. The van der Waals surface area contributed by atoms with Crippen molar-refractivity contribution in [3.8, 4) is 0 Å². The summed E-state index contributed by atoms with van der Waals surface area (Å²) in [6, 6.07) is 1.63. The molecule has 1 heterocycles. The Morgan fingerprint density at radius 1 is 1.47 bits per heavy atom. The molecule has 1 aromatic heterocycles. The van der Waals surface area contributed by atoms with Crippen molar-refractivity contribution >= 4 is 21.4 Å². The Morgan fingerprint density at radius 3 is 2.88 bits per heavy atom. The molecule has 0 aromatic carbocycles. The second kappa shape index (κ2) is 7.07. The number of methoxy groups -OCH3 is 1. The maximum atomic E-state index is 12.0. The van der Waals surface area contributed by atoms with Gasteiger partial charge in [0.15, 0.2) is 0 Å². The zero-order valence-electron chi connectivity index (χ0n) is 10.0. The van der Waals surface area contributed by atoms with Crippen molar-refractivity contribution in [3.05, 3.63) is 16.3 Å². The van der Waals surface area contributed by atoms with Crippen LogP contribution in [0.3, 0.4) is 0 Å². The maximum Gasteiger partial charge on any atom is 0.241 e. The van der Waals surface area contributed by atoms with Crippen molar-refractivity contribution in [2.24, 2.45) is 0 Å². The summed E-state index contributed by atoms with van der Waals surface area (Å²) >= 11 is 1.44. The molecule has 0 bridgehead atoms. The summed E-state index contributed by atoms with van der Waals surface area (Å²) in [4.78, 5) is 1.20. The fourth-order valence-corrected chi connectivity index (χ4v) is 3.89. The highest BCUT2D eigenvalue weighted by atomic mass is 32.2. The molecule has 7 heteroatoms. The molecule has 0 saturated heterocycles. The number of ether oxygens (including phenoxy) is 1. The van der Waals surface area contributed by atoms with E-state index in [-0.39, 0.29) is 0 Å². The van der Waals surface area contributed by atoms with E-state index in [0.29, 0.717) is 31.0 Å². The van der Waals surface area contributed by atoms with Crippen LogP contribution < -0.4 is 10.0 Å². The predicted octanol–water partition coefficient (Wildman–Crippen LogP) is 0.782. The minimum atomic E-state index is -3.39. The molecule has 0 radical (unpaired) electrons. The van der Waals surface area contributed by atoms with Gasteiger partial charge in [0.05, 0.1) is 4.90 Å². The standard InChI is InChI=1S/C10H18N2O3S2/c1-11-8-9-10(4-7-16-9)17(13,14)12-5-3-6-15-2/h4,7,11-12H,3,5-6,8H2,1-2H3. The number of thiophene rings is 1. The lowest BCUT2D eigenvalue weighted by molar-refractivity contribution is 0.196. The van der Waals surface area contributed by atoms with Crippen molar-refractivity contribution in [1.29, 1.82) is 0 Å². The van der Waals surface area contributed by atoms with Gasteiger partial charge in [-0.3, -0.25) is 0 Å². The van der Waals surface area contributed by atoms with Crippen LogP contribution in [0.4, 0.5) is 0 Å². The molecule has 0 aliphatic heterocycles. The smallest absolute Gasteiger partial charge is 0.241 e. The van der Waals surface area contributed by atoms with Gasteiger partial charge in [-0.1, -0.05) is 0 Å². The molecule has 1 rings (SSSR count). The van der Waals surface area contributed by atoms with Gasteiger partial charge in [-0.05, 0) is 24.9 Å². The van der Waals surface area contributed by atoms with E-state index in [1.807, 2.05) is 0 Å². The van der Waals surface area contributed by atoms with Crippen LogP contribution in [0, 0.1) is 0 Å². The predicted molar refractivity (Wildman–Crippen MR) is 68.8 cm³/mol. The normalized spacial score (nSPS) is 11.9. The van der Waals surface area contributed by atoms with E-state index in [1.165, 1.54) is 11.3 Å². The average Bonchev–Trinajstić information content (AvgIpc) is 2.74. The van der Waals surface area contributed by atoms with Gasteiger partial charge >= 0.3 is 0 Å². The van der Waals surface area contributed by atoms with Crippen LogP contribution in [0.25, 0.3) is 0 Å². The molecule has 17 heavy (non-hydrogen) atoms. The summed E-state index contributed by atoms with van der Waals surface area (Å²) in [5.74, 6) is 0. The molecule has 0 atom stereocenters. The molecule has 5 nitrogen and oxygen atoms in total. The summed E-state index contributed by atoms with van der Waals surface area (Å²) in [7, 11) is 0.00402. The Kier molecular flexibility index (Phi) is 6.07. The van der Waals surface area contributed by atoms with E-state index in [2.05, 4.69) is 10.0 Å². The van der Waals surface area contributed by atoms with E-state index in [0.717, 1.165) is 4.88 Å². The summed E-state index contributed by atoms with van der Waals surface area (Å²) in [6.07, 6.45) is 0.668. The van der Waals surface area contributed by atoms with Crippen molar-refractivity contribution in [2.75, 3.05) is 27.3 Å². The van der Waals surface area contributed by atoms with Crippen LogP contribution in [0.5, 0.6) is 0 Å². The number of sulfonamides is 1. The van der Waals surface area contributed by atoms with Gasteiger partial charge < -0.3 is 10.1 Å².